The second-order valence-corrected chi connectivity index (χ2v) is 8.40. The van der Waals surface area contributed by atoms with E-state index in [9.17, 15) is 4.79 Å². The Hall–Kier alpha value is -3.12. The van der Waals surface area contributed by atoms with Crippen LogP contribution in [0.4, 0.5) is 5.13 Å². The zero-order valence-electron chi connectivity index (χ0n) is 18.1. The maximum Gasteiger partial charge on any atom is 0.250 e. The van der Waals surface area contributed by atoms with Crippen molar-refractivity contribution in [3.63, 3.8) is 0 Å². The minimum atomic E-state index is -0.218. The molecule has 0 bridgehead atoms. The lowest BCUT2D eigenvalue weighted by atomic mass is 10.1. The zero-order chi connectivity index (χ0) is 22.1. The van der Waals surface area contributed by atoms with Crippen molar-refractivity contribution in [3.05, 3.63) is 65.6 Å². The molecule has 0 unspecified atom stereocenters. The lowest BCUT2D eigenvalue weighted by Crippen LogP contribution is -2.07. The van der Waals surface area contributed by atoms with Crippen LogP contribution in [0, 0.1) is 5.92 Å². The Labute approximate surface area is 187 Å². The summed E-state index contributed by atoms with van der Waals surface area (Å²) in [6.07, 6.45) is 5.50. The molecule has 0 aliphatic rings. The van der Waals surface area contributed by atoms with Gasteiger partial charge in [-0.25, -0.2) is 4.98 Å². The molecule has 2 aromatic carbocycles. The lowest BCUT2D eigenvalue weighted by molar-refractivity contribution is -0.111. The number of nitrogens with one attached hydrogen (secondary N) is 1. The highest BCUT2D eigenvalue weighted by atomic mass is 32.1. The number of hydrogen-bond donors (Lipinski definition) is 1. The van der Waals surface area contributed by atoms with E-state index in [1.54, 1.807) is 13.2 Å². The third-order valence-corrected chi connectivity index (χ3v) is 5.38. The average molecular weight is 437 g/mol. The van der Waals surface area contributed by atoms with E-state index >= 15 is 0 Å². The van der Waals surface area contributed by atoms with Crippen LogP contribution >= 0.6 is 11.3 Å². The molecule has 0 fully saturated rings. The zero-order valence-corrected chi connectivity index (χ0v) is 18.9. The number of nitrogens with zero attached hydrogens (tertiary/aromatic N) is 1. The van der Waals surface area contributed by atoms with E-state index < -0.39 is 0 Å². The van der Waals surface area contributed by atoms with Crippen molar-refractivity contribution >= 4 is 28.5 Å². The molecule has 0 aliphatic heterocycles. The maximum absolute atomic E-state index is 12.2. The van der Waals surface area contributed by atoms with Crippen LogP contribution in [0.15, 0.2) is 60.0 Å². The quantitative estimate of drug-likeness (QED) is 0.300. The minimum absolute atomic E-state index is 0.218. The third-order valence-electron chi connectivity index (χ3n) is 4.62. The summed E-state index contributed by atoms with van der Waals surface area (Å²) < 4.78 is 10.9. The number of anilines is 1. The highest BCUT2D eigenvalue weighted by Crippen LogP contribution is 2.26. The second kappa shape index (κ2) is 11.3. The van der Waals surface area contributed by atoms with Crippen LogP contribution in [0.2, 0.25) is 0 Å². The van der Waals surface area contributed by atoms with Crippen LogP contribution in [-0.2, 0) is 4.79 Å². The van der Waals surface area contributed by atoms with Gasteiger partial charge in [0.05, 0.1) is 19.4 Å². The standard InChI is InChI=1S/C25H28N2O3S/c1-18(2)5-4-16-30-22-11-6-19(7-12-22)8-15-24(28)27-25-26-23(17-31-25)20-9-13-21(29-3)14-10-20/h6-15,17-18H,4-5,16H2,1-3H3,(H,26,27,28)/b15-8-. The third kappa shape index (κ3) is 7.26. The molecule has 162 valence electrons. The van der Waals surface area contributed by atoms with E-state index in [1.807, 2.05) is 53.9 Å². The minimum Gasteiger partial charge on any atom is -0.497 e. The molecule has 1 N–H and O–H groups in total. The lowest BCUT2D eigenvalue weighted by Gasteiger charge is -2.07. The van der Waals surface area contributed by atoms with E-state index in [2.05, 4.69) is 24.1 Å². The molecule has 1 amide bonds. The summed E-state index contributed by atoms with van der Waals surface area (Å²) in [4.78, 5) is 16.7. The Morgan fingerprint density at radius 1 is 1.10 bits per heavy atom. The number of amides is 1. The van der Waals surface area contributed by atoms with Gasteiger partial charge in [-0.2, -0.15) is 0 Å². The van der Waals surface area contributed by atoms with Gasteiger partial charge < -0.3 is 9.47 Å². The first-order valence-electron chi connectivity index (χ1n) is 10.4. The van der Waals surface area contributed by atoms with Gasteiger partial charge in [0.2, 0.25) is 5.91 Å². The van der Waals surface area contributed by atoms with Gasteiger partial charge in [0.25, 0.3) is 0 Å². The highest BCUT2D eigenvalue weighted by Gasteiger charge is 2.07. The van der Waals surface area contributed by atoms with Crippen molar-refractivity contribution in [3.8, 4) is 22.8 Å². The number of carbonyl (C=O) groups is 1. The van der Waals surface area contributed by atoms with E-state index in [0.29, 0.717) is 11.0 Å². The van der Waals surface area contributed by atoms with Gasteiger partial charge in [-0.05, 0) is 66.8 Å². The summed E-state index contributed by atoms with van der Waals surface area (Å²) in [5, 5.41) is 5.29. The maximum atomic E-state index is 12.2. The summed E-state index contributed by atoms with van der Waals surface area (Å²) in [6, 6.07) is 15.4. The van der Waals surface area contributed by atoms with Crippen LogP contribution in [-0.4, -0.2) is 24.6 Å². The Morgan fingerprint density at radius 3 is 2.48 bits per heavy atom. The highest BCUT2D eigenvalue weighted by molar-refractivity contribution is 7.14. The molecule has 0 aliphatic carbocycles. The molecule has 0 radical (unpaired) electrons. The van der Waals surface area contributed by atoms with Gasteiger partial charge in [-0.1, -0.05) is 26.0 Å². The van der Waals surface area contributed by atoms with Crippen LogP contribution in [0.25, 0.3) is 17.3 Å². The fourth-order valence-corrected chi connectivity index (χ4v) is 3.62. The topological polar surface area (TPSA) is 60.5 Å². The first-order chi connectivity index (χ1) is 15.0. The molecule has 3 rings (SSSR count). The van der Waals surface area contributed by atoms with E-state index in [0.717, 1.165) is 47.8 Å². The number of carbonyl (C=O) groups excluding carboxylic acids is 1. The van der Waals surface area contributed by atoms with E-state index in [4.69, 9.17) is 9.47 Å². The number of thiazole rings is 1. The fourth-order valence-electron chi connectivity index (χ4n) is 2.90. The van der Waals surface area contributed by atoms with Gasteiger partial charge in [0.15, 0.2) is 5.13 Å². The van der Waals surface area contributed by atoms with Crippen LogP contribution in [0.1, 0.15) is 32.3 Å². The normalized spacial score (nSPS) is 11.1. The van der Waals surface area contributed by atoms with Crippen molar-refractivity contribution in [1.82, 2.24) is 4.98 Å². The first-order valence-corrected chi connectivity index (χ1v) is 11.2. The van der Waals surface area contributed by atoms with Crippen molar-refractivity contribution in [2.24, 2.45) is 5.92 Å². The summed E-state index contributed by atoms with van der Waals surface area (Å²) >= 11 is 1.39. The molecule has 0 atom stereocenters. The summed E-state index contributed by atoms with van der Waals surface area (Å²) in [6.45, 7) is 5.15. The van der Waals surface area contributed by atoms with Gasteiger partial charge in [0.1, 0.15) is 11.5 Å². The molecule has 6 heteroatoms. The van der Waals surface area contributed by atoms with E-state index in [1.165, 1.54) is 17.4 Å². The van der Waals surface area contributed by atoms with Gasteiger partial charge in [-0.15, -0.1) is 11.3 Å². The average Bonchev–Trinajstić information content (AvgIpc) is 3.24. The van der Waals surface area contributed by atoms with Crippen LogP contribution in [0.5, 0.6) is 11.5 Å². The van der Waals surface area contributed by atoms with Crippen LogP contribution in [0.3, 0.4) is 0 Å². The monoisotopic (exact) mass is 436 g/mol. The molecule has 0 saturated carbocycles. The van der Waals surface area contributed by atoms with E-state index in [-0.39, 0.29) is 5.91 Å². The SMILES string of the molecule is COc1ccc(-c2csc(NC(=O)/C=C\c3ccc(OCCCC(C)C)cc3)n2)cc1. The van der Waals surface area contributed by atoms with Crippen molar-refractivity contribution < 1.29 is 14.3 Å². The predicted octanol–water partition coefficient (Wildman–Crippen LogP) is 6.29. The van der Waals surface area contributed by atoms with Crippen molar-refractivity contribution in [1.29, 1.82) is 0 Å². The molecule has 3 aromatic rings. The largest absolute Gasteiger partial charge is 0.497 e. The Kier molecular flexibility index (Phi) is 8.24. The molecule has 0 saturated heterocycles. The predicted molar refractivity (Wildman–Crippen MR) is 128 cm³/mol. The molecule has 5 nitrogen and oxygen atoms in total. The molecular weight excluding hydrogens is 408 g/mol. The Balaban J connectivity index is 1.49. The van der Waals surface area contributed by atoms with Crippen LogP contribution < -0.4 is 14.8 Å². The number of rotatable bonds is 10. The number of aromatic nitrogens is 1. The number of ether oxygens (including phenoxy) is 2. The number of hydrogen-bond acceptors (Lipinski definition) is 5. The first kappa shape index (κ1) is 22.6. The molecule has 0 spiro atoms. The number of benzene rings is 2. The van der Waals surface area contributed by atoms with Crippen molar-refractivity contribution in [2.45, 2.75) is 26.7 Å². The van der Waals surface area contributed by atoms with Crippen molar-refractivity contribution in [2.75, 3.05) is 19.0 Å². The summed E-state index contributed by atoms with van der Waals surface area (Å²) in [7, 11) is 1.64. The molecule has 31 heavy (non-hydrogen) atoms. The molecule has 1 aromatic heterocycles. The Bertz CT molecular complexity index is 992. The molecule has 1 heterocycles. The summed E-state index contributed by atoms with van der Waals surface area (Å²) in [5.41, 5.74) is 2.72. The fraction of sp³-hybridized carbons (Fsp3) is 0.280. The second-order valence-electron chi connectivity index (χ2n) is 7.54. The molecular formula is C25H28N2O3S. The number of methoxy groups -OCH3 is 1. The Morgan fingerprint density at radius 2 is 1.81 bits per heavy atom. The smallest absolute Gasteiger partial charge is 0.250 e. The summed E-state index contributed by atoms with van der Waals surface area (Å²) in [5.74, 6) is 2.12. The van der Waals surface area contributed by atoms with Gasteiger partial charge >= 0.3 is 0 Å². The van der Waals surface area contributed by atoms with Gasteiger partial charge in [0, 0.05) is 17.0 Å². The van der Waals surface area contributed by atoms with Gasteiger partial charge in [-0.3, -0.25) is 10.1 Å².